The summed E-state index contributed by atoms with van der Waals surface area (Å²) in [5, 5.41) is 5.96. The molecule has 1 saturated heterocycles. The molecular weight excluding hydrogens is 616 g/mol. The first-order valence-corrected chi connectivity index (χ1v) is 15.6. The minimum absolute atomic E-state index is 0.183. The number of hydrogen-bond donors (Lipinski definition) is 2. The van der Waals surface area contributed by atoms with Crippen LogP contribution >= 0.6 is 0 Å². The second kappa shape index (κ2) is 13.1. The Labute approximate surface area is 276 Å². The predicted molar refractivity (Wildman–Crippen MR) is 174 cm³/mol. The van der Waals surface area contributed by atoms with E-state index in [1.807, 2.05) is 25.1 Å². The minimum Gasteiger partial charge on any atom is -0.496 e. The van der Waals surface area contributed by atoms with Crippen molar-refractivity contribution in [1.29, 1.82) is 0 Å². The first kappa shape index (κ1) is 30.9. The topological polar surface area (TPSA) is 138 Å². The van der Waals surface area contributed by atoms with Crippen molar-refractivity contribution in [3.8, 4) is 39.9 Å². The Bertz CT molecular complexity index is 1900. The standard InChI is InChI=1S/C36H34N4O8/c1-21-10-31-32(46-9-8-45-31)14-28(21)36(43)40-18-29-33(19-40)48-27-7-6-23(30(13-27)44-2)17-38-34(41)20-47-26-5-3-4-22(12-26)24-11-25(16-37-15-24)35(42)39-29/h3-7,10-16,29,33H,8-9,17-20H2,1-2H3,(H,38,41)(H,39,42)/t29-,33-/m0/s1. The number of aromatic nitrogens is 1. The van der Waals surface area contributed by atoms with Crippen molar-refractivity contribution < 1.29 is 38.1 Å². The van der Waals surface area contributed by atoms with Crippen molar-refractivity contribution >= 4 is 17.7 Å². The number of pyridine rings is 1. The Morgan fingerprint density at radius 3 is 2.54 bits per heavy atom. The van der Waals surface area contributed by atoms with Gasteiger partial charge < -0.3 is 39.2 Å². The fourth-order valence-electron chi connectivity index (χ4n) is 6.04. The van der Waals surface area contributed by atoms with E-state index in [2.05, 4.69) is 15.6 Å². The lowest BCUT2D eigenvalue weighted by Gasteiger charge is -2.22. The molecule has 3 aromatic carbocycles. The third kappa shape index (κ3) is 6.41. The van der Waals surface area contributed by atoms with Crippen LogP contribution in [0.5, 0.6) is 28.7 Å². The third-order valence-electron chi connectivity index (χ3n) is 8.55. The molecule has 0 aliphatic carbocycles. The number of nitrogens with zero attached hydrogens (tertiary/aromatic N) is 2. The van der Waals surface area contributed by atoms with Gasteiger partial charge in [0.15, 0.2) is 18.1 Å². The molecule has 12 nitrogen and oxygen atoms in total. The molecule has 0 unspecified atom stereocenters. The average Bonchev–Trinajstić information content (AvgIpc) is 3.50. The highest BCUT2D eigenvalue weighted by atomic mass is 16.6. The number of amides is 3. The first-order chi connectivity index (χ1) is 23.3. The summed E-state index contributed by atoms with van der Waals surface area (Å²) in [7, 11) is 1.54. The van der Waals surface area contributed by atoms with Crippen LogP contribution in [0.4, 0.5) is 0 Å². The van der Waals surface area contributed by atoms with Crippen molar-refractivity contribution in [3.05, 3.63) is 95.3 Å². The van der Waals surface area contributed by atoms with Gasteiger partial charge in [-0.2, -0.15) is 0 Å². The SMILES string of the molecule is COc1cc2ccc1CNC(=O)COc1cccc(c1)-c1cncc(c1)C(=O)N[C@H]1CN(C(=O)c3cc4c(cc3C)OCCO4)C[C@@H]1O2. The number of likely N-dealkylation sites (tertiary alicyclic amines) is 1. The van der Waals surface area contributed by atoms with E-state index in [9.17, 15) is 14.4 Å². The number of hydrogen-bond acceptors (Lipinski definition) is 9. The maximum Gasteiger partial charge on any atom is 0.258 e. The van der Waals surface area contributed by atoms with Crippen LogP contribution in [-0.4, -0.2) is 79.8 Å². The molecule has 3 amide bonds. The smallest absolute Gasteiger partial charge is 0.258 e. The number of aryl methyl sites for hydroxylation is 1. The quantitative estimate of drug-likeness (QED) is 0.334. The van der Waals surface area contributed by atoms with E-state index in [1.54, 1.807) is 53.6 Å². The maximum atomic E-state index is 13.9. The minimum atomic E-state index is -0.596. The molecule has 8 rings (SSSR count). The Morgan fingerprint density at radius 2 is 1.71 bits per heavy atom. The first-order valence-electron chi connectivity index (χ1n) is 15.6. The summed E-state index contributed by atoms with van der Waals surface area (Å²) in [6.07, 6.45) is 2.55. The summed E-state index contributed by atoms with van der Waals surface area (Å²) in [6.45, 7) is 3.15. The fourth-order valence-corrected chi connectivity index (χ4v) is 6.04. The van der Waals surface area contributed by atoms with Gasteiger partial charge in [0, 0.05) is 48.2 Å². The van der Waals surface area contributed by atoms with E-state index >= 15 is 0 Å². The second-order valence-electron chi connectivity index (χ2n) is 11.8. The van der Waals surface area contributed by atoms with Gasteiger partial charge in [-0.15, -0.1) is 0 Å². The second-order valence-corrected chi connectivity index (χ2v) is 11.8. The summed E-state index contributed by atoms with van der Waals surface area (Å²) in [4.78, 5) is 46.3. The highest BCUT2D eigenvalue weighted by molar-refractivity contribution is 5.97. The van der Waals surface area contributed by atoms with Gasteiger partial charge in [-0.05, 0) is 60.5 Å². The summed E-state index contributed by atoms with van der Waals surface area (Å²) >= 11 is 0. The molecule has 0 saturated carbocycles. The number of fused-ring (bicyclic) bond motifs is 8. The number of benzene rings is 3. The summed E-state index contributed by atoms with van der Waals surface area (Å²) in [5.41, 5.74) is 3.78. The Kier molecular flexibility index (Phi) is 8.45. The van der Waals surface area contributed by atoms with Gasteiger partial charge in [0.05, 0.1) is 25.3 Å². The van der Waals surface area contributed by atoms with E-state index in [0.717, 1.165) is 16.7 Å². The van der Waals surface area contributed by atoms with Crippen LogP contribution in [0.15, 0.2) is 73.1 Å². The molecule has 1 aromatic heterocycles. The molecule has 48 heavy (non-hydrogen) atoms. The normalized spacial score (nSPS) is 18.8. The van der Waals surface area contributed by atoms with Gasteiger partial charge in [-0.25, -0.2) is 0 Å². The highest BCUT2D eigenvalue weighted by Gasteiger charge is 2.39. The number of carbonyl (C=O) groups is 3. The number of methoxy groups -OCH3 is 1. The van der Waals surface area contributed by atoms with Crippen molar-refractivity contribution in [2.75, 3.05) is 40.0 Å². The summed E-state index contributed by atoms with van der Waals surface area (Å²) < 4.78 is 29.3. The van der Waals surface area contributed by atoms with Crippen molar-refractivity contribution in [2.45, 2.75) is 25.6 Å². The summed E-state index contributed by atoms with van der Waals surface area (Å²) in [6, 6.07) is 17.2. The summed E-state index contributed by atoms with van der Waals surface area (Å²) in [5.74, 6) is 1.75. The lowest BCUT2D eigenvalue weighted by molar-refractivity contribution is -0.123. The van der Waals surface area contributed by atoms with Crippen LogP contribution in [0.1, 0.15) is 31.8 Å². The molecule has 2 N–H and O–H groups in total. The molecular formula is C36H34N4O8. The molecule has 12 heteroatoms. The van der Waals surface area contributed by atoms with Crippen LogP contribution in [0.25, 0.3) is 11.1 Å². The van der Waals surface area contributed by atoms with E-state index in [-0.39, 0.29) is 44.0 Å². The highest BCUT2D eigenvalue weighted by Crippen LogP contribution is 2.34. The maximum absolute atomic E-state index is 13.9. The fraction of sp³-hybridized carbons (Fsp3) is 0.278. The number of ether oxygens (including phenoxy) is 5. The van der Waals surface area contributed by atoms with Gasteiger partial charge >= 0.3 is 0 Å². The van der Waals surface area contributed by atoms with Crippen molar-refractivity contribution in [1.82, 2.24) is 20.5 Å². The Hall–Kier alpha value is -5.78. The van der Waals surface area contributed by atoms with E-state index in [4.69, 9.17) is 23.7 Å². The average molecular weight is 651 g/mol. The van der Waals surface area contributed by atoms with Crippen molar-refractivity contribution in [2.24, 2.45) is 0 Å². The number of nitrogens with one attached hydrogen (secondary N) is 2. The lowest BCUT2D eigenvalue weighted by Crippen LogP contribution is -2.45. The molecule has 5 heterocycles. The van der Waals surface area contributed by atoms with Gasteiger partial charge in [0.25, 0.3) is 17.7 Å². The monoisotopic (exact) mass is 650 g/mol. The third-order valence-corrected chi connectivity index (χ3v) is 8.55. The Morgan fingerprint density at radius 1 is 0.896 bits per heavy atom. The predicted octanol–water partition coefficient (Wildman–Crippen LogP) is 3.55. The molecule has 4 aliphatic rings. The molecule has 2 atom stereocenters. The zero-order chi connectivity index (χ0) is 33.2. The number of carbonyl (C=O) groups excluding carboxylic acids is 3. The molecule has 0 spiro atoms. The van der Waals surface area contributed by atoms with Crippen LogP contribution < -0.4 is 34.3 Å². The lowest BCUT2D eigenvalue weighted by atomic mass is 10.1. The Balaban J connectivity index is 1.22. The van der Waals surface area contributed by atoms with Gasteiger partial charge in [0.2, 0.25) is 0 Å². The van der Waals surface area contributed by atoms with E-state index in [1.165, 1.54) is 13.3 Å². The van der Waals surface area contributed by atoms with Crippen LogP contribution in [-0.2, 0) is 11.3 Å². The molecule has 6 bridgehead atoms. The zero-order valence-corrected chi connectivity index (χ0v) is 26.5. The zero-order valence-electron chi connectivity index (χ0n) is 26.5. The van der Waals surface area contributed by atoms with Crippen LogP contribution in [0.2, 0.25) is 0 Å². The van der Waals surface area contributed by atoms with Gasteiger partial charge in [0.1, 0.15) is 36.6 Å². The molecule has 4 aliphatic heterocycles. The molecule has 246 valence electrons. The molecule has 4 aromatic rings. The van der Waals surface area contributed by atoms with Crippen LogP contribution in [0, 0.1) is 6.92 Å². The largest absolute Gasteiger partial charge is 0.496 e. The van der Waals surface area contributed by atoms with E-state index < -0.39 is 12.1 Å². The van der Waals surface area contributed by atoms with Crippen molar-refractivity contribution in [3.63, 3.8) is 0 Å². The molecule has 0 radical (unpaired) electrons. The van der Waals surface area contributed by atoms with Crippen LogP contribution in [0.3, 0.4) is 0 Å². The number of rotatable bonds is 2. The van der Waals surface area contributed by atoms with E-state index in [0.29, 0.717) is 58.7 Å². The molecule has 1 fully saturated rings. The van der Waals surface area contributed by atoms with Gasteiger partial charge in [-0.3, -0.25) is 19.4 Å². The van der Waals surface area contributed by atoms with Gasteiger partial charge in [-0.1, -0.05) is 12.1 Å².